The summed E-state index contributed by atoms with van der Waals surface area (Å²) in [6.07, 6.45) is 1.40. The van der Waals surface area contributed by atoms with E-state index in [4.69, 9.17) is 5.73 Å². The van der Waals surface area contributed by atoms with Gasteiger partial charge in [0.05, 0.1) is 11.7 Å². The van der Waals surface area contributed by atoms with E-state index in [0.717, 1.165) is 6.42 Å². The molecule has 2 N–H and O–H groups in total. The number of hydrogen-bond acceptors (Lipinski definition) is 4. The molecule has 1 amide bonds. The van der Waals surface area contributed by atoms with E-state index in [-0.39, 0.29) is 17.6 Å². The van der Waals surface area contributed by atoms with Crippen molar-refractivity contribution >= 4 is 15.9 Å². The number of piperazine rings is 1. The molecule has 0 spiro atoms. The Morgan fingerprint density at radius 1 is 1.19 bits per heavy atom. The summed E-state index contributed by atoms with van der Waals surface area (Å²) in [5.41, 5.74) is 5.71. The first-order chi connectivity index (χ1) is 9.81. The van der Waals surface area contributed by atoms with Gasteiger partial charge in [0.1, 0.15) is 0 Å². The minimum Gasteiger partial charge on any atom is -0.340 e. The minimum absolute atomic E-state index is 0.0683. The van der Waals surface area contributed by atoms with Gasteiger partial charge in [-0.05, 0) is 18.8 Å². The van der Waals surface area contributed by atoms with Gasteiger partial charge in [-0.3, -0.25) is 4.79 Å². The van der Waals surface area contributed by atoms with Crippen molar-refractivity contribution in [1.82, 2.24) is 9.21 Å². The summed E-state index contributed by atoms with van der Waals surface area (Å²) in [5.74, 6) is 0.524. The van der Waals surface area contributed by atoms with E-state index in [9.17, 15) is 13.2 Å². The van der Waals surface area contributed by atoms with Crippen LogP contribution in [0.2, 0.25) is 0 Å². The predicted octanol–water partition coefficient (Wildman–Crippen LogP) is 0.491. The van der Waals surface area contributed by atoms with E-state index in [2.05, 4.69) is 13.8 Å². The Morgan fingerprint density at radius 3 is 2.19 bits per heavy atom. The van der Waals surface area contributed by atoms with Crippen LogP contribution in [-0.4, -0.2) is 62.0 Å². The quantitative estimate of drug-likeness (QED) is 0.740. The Morgan fingerprint density at radius 2 is 1.76 bits per heavy atom. The molecule has 0 saturated carbocycles. The van der Waals surface area contributed by atoms with Gasteiger partial charge in [-0.2, -0.15) is 4.31 Å². The van der Waals surface area contributed by atoms with Crippen molar-refractivity contribution in [2.75, 3.05) is 38.5 Å². The van der Waals surface area contributed by atoms with Crippen molar-refractivity contribution in [3.05, 3.63) is 0 Å². The number of hydrogen-bond donors (Lipinski definition) is 1. The molecule has 0 bridgehead atoms. The SMILES string of the molecule is CCCS(=O)(=O)N1CCN(C(=O)C(CN)CC(C)C)CC1. The summed E-state index contributed by atoms with van der Waals surface area (Å²) in [4.78, 5) is 14.2. The highest BCUT2D eigenvalue weighted by molar-refractivity contribution is 7.89. The fourth-order valence-corrected chi connectivity index (χ4v) is 4.19. The van der Waals surface area contributed by atoms with Crippen LogP contribution in [0.5, 0.6) is 0 Å². The number of nitrogens with zero attached hydrogens (tertiary/aromatic N) is 2. The maximum Gasteiger partial charge on any atom is 0.227 e. The Bertz CT molecular complexity index is 429. The van der Waals surface area contributed by atoms with Gasteiger partial charge >= 0.3 is 0 Å². The van der Waals surface area contributed by atoms with Gasteiger partial charge in [-0.15, -0.1) is 0 Å². The van der Waals surface area contributed by atoms with E-state index >= 15 is 0 Å². The lowest BCUT2D eigenvalue weighted by Crippen LogP contribution is -2.53. The lowest BCUT2D eigenvalue weighted by molar-refractivity contribution is -0.136. The summed E-state index contributed by atoms with van der Waals surface area (Å²) < 4.78 is 25.5. The number of carbonyl (C=O) groups excluding carboxylic acids is 1. The maximum atomic E-state index is 12.4. The zero-order valence-electron chi connectivity index (χ0n) is 13.4. The fraction of sp³-hybridized carbons (Fsp3) is 0.929. The van der Waals surface area contributed by atoms with Crippen LogP contribution in [-0.2, 0) is 14.8 Å². The smallest absolute Gasteiger partial charge is 0.227 e. The third-order valence-corrected chi connectivity index (χ3v) is 5.87. The molecule has 1 rings (SSSR count). The van der Waals surface area contributed by atoms with Crippen molar-refractivity contribution in [3.8, 4) is 0 Å². The maximum absolute atomic E-state index is 12.4. The highest BCUT2D eigenvalue weighted by Crippen LogP contribution is 2.16. The predicted molar refractivity (Wildman–Crippen MR) is 84.2 cm³/mol. The summed E-state index contributed by atoms with van der Waals surface area (Å²) in [6, 6.07) is 0. The highest BCUT2D eigenvalue weighted by atomic mass is 32.2. The molecule has 0 aromatic rings. The molecule has 1 aliphatic rings. The van der Waals surface area contributed by atoms with Crippen LogP contribution in [0.25, 0.3) is 0 Å². The second-order valence-electron chi connectivity index (χ2n) is 6.10. The molecule has 21 heavy (non-hydrogen) atoms. The molecule has 1 unspecified atom stereocenters. The zero-order valence-corrected chi connectivity index (χ0v) is 14.2. The zero-order chi connectivity index (χ0) is 16.0. The third-order valence-electron chi connectivity index (χ3n) is 3.80. The molecular formula is C14H29N3O3S. The average Bonchev–Trinajstić information content (AvgIpc) is 2.44. The van der Waals surface area contributed by atoms with Crippen molar-refractivity contribution in [3.63, 3.8) is 0 Å². The Kier molecular flexibility index (Phi) is 7.09. The first-order valence-corrected chi connectivity index (χ1v) is 9.39. The van der Waals surface area contributed by atoms with Crippen molar-refractivity contribution in [2.24, 2.45) is 17.6 Å². The van der Waals surface area contributed by atoms with Gasteiger partial charge < -0.3 is 10.6 Å². The molecule has 1 heterocycles. The molecule has 1 fully saturated rings. The van der Waals surface area contributed by atoms with E-state index in [1.165, 1.54) is 4.31 Å². The van der Waals surface area contributed by atoms with E-state index in [1.54, 1.807) is 4.90 Å². The monoisotopic (exact) mass is 319 g/mol. The number of rotatable bonds is 7. The van der Waals surface area contributed by atoms with Crippen LogP contribution in [0.1, 0.15) is 33.6 Å². The first kappa shape index (κ1) is 18.4. The number of sulfonamides is 1. The molecule has 124 valence electrons. The molecule has 1 aliphatic heterocycles. The standard InChI is InChI=1S/C14H29N3O3S/c1-4-9-21(19,20)17-7-5-16(6-8-17)14(18)13(11-15)10-12(2)3/h12-13H,4-11,15H2,1-3H3. The van der Waals surface area contributed by atoms with E-state index < -0.39 is 10.0 Å². The molecule has 0 aliphatic carbocycles. The van der Waals surface area contributed by atoms with E-state index in [0.29, 0.717) is 45.1 Å². The van der Waals surface area contributed by atoms with Gasteiger partial charge in [0, 0.05) is 32.7 Å². The summed E-state index contributed by atoms with van der Waals surface area (Å²) in [5, 5.41) is 0. The Hall–Kier alpha value is -0.660. The first-order valence-electron chi connectivity index (χ1n) is 7.78. The van der Waals surface area contributed by atoms with Crippen LogP contribution in [0.3, 0.4) is 0 Å². The Balaban J connectivity index is 2.57. The van der Waals surface area contributed by atoms with Crippen LogP contribution >= 0.6 is 0 Å². The van der Waals surface area contributed by atoms with Gasteiger partial charge in [0.2, 0.25) is 15.9 Å². The fourth-order valence-electron chi connectivity index (χ4n) is 2.70. The number of amides is 1. The van der Waals surface area contributed by atoms with Crippen LogP contribution in [0.4, 0.5) is 0 Å². The normalized spacial score (nSPS) is 19.0. The van der Waals surface area contributed by atoms with Gasteiger partial charge in [0.25, 0.3) is 0 Å². The van der Waals surface area contributed by atoms with E-state index in [1.807, 2.05) is 6.92 Å². The number of nitrogens with two attached hydrogens (primary N) is 1. The molecule has 1 atom stereocenters. The van der Waals surface area contributed by atoms with Crippen LogP contribution < -0.4 is 5.73 Å². The molecular weight excluding hydrogens is 290 g/mol. The molecule has 0 aromatic carbocycles. The topological polar surface area (TPSA) is 83.7 Å². The largest absolute Gasteiger partial charge is 0.340 e. The third kappa shape index (κ3) is 5.23. The summed E-state index contributed by atoms with van der Waals surface area (Å²) in [7, 11) is -3.16. The summed E-state index contributed by atoms with van der Waals surface area (Å²) in [6.45, 7) is 8.09. The second-order valence-corrected chi connectivity index (χ2v) is 8.19. The number of carbonyl (C=O) groups is 1. The molecule has 1 saturated heterocycles. The van der Waals surface area contributed by atoms with Gasteiger partial charge in [-0.1, -0.05) is 20.8 Å². The van der Waals surface area contributed by atoms with Gasteiger partial charge in [-0.25, -0.2) is 8.42 Å². The molecule has 0 aromatic heterocycles. The molecule has 6 nitrogen and oxygen atoms in total. The summed E-state index contributed by atoms with van der Waals surface area (Å²) >= 11 is 0. The van der Waals surface area contributed by atoms with Crippen LogP contribution in [0, 0.1) is 11.8 Å². The highest BCUT2D eigenvalue weighted by Gasteiger charge is 2.30. The second kappa shape index (κ2) is 8.10. The minimum atomic E-state index is -3.16. The lowest BCUT2D eigenvalue weighted by Gasteiger charge is -2.36. The lowest BCUT2D eigenvalue weighted by atomic mass is 9.95. The Labute approximate surface area is 128 Å². The van der Waals surface area contributed by atoms with Crippen molar-refractivity contribution in [2.45, 2.75) is 33.6 Å². The van der Waals surface area contributed by atoms with Crippen molar-refractivity contribution < 1.29 is 13.2 Å². The van der Waals surface area contributed by atoms with Crippen molar-refractivity contribution in [1.29, 1.82) is 0 Å². The van der Waals surface area contributed by atoms with Crippen LogP contribution in [0.15, 0.2) is 0 Å². The average molecular weight is 319 g/mol. The van der Waals surface area contributed by atoms with Gasteiger partial charge in [0.15, 0.2) is 0 Å². The molecule has 0 radical (unpaired) electrons. The molecule has 7 heteroatoms.